The summed E-state index contributed by atoms with van der Waals surface area (Å²) in [5.41, 5.74) is 2.55. The fourth-order valence-corrected chi connectivity index (χ4v) is 4.57. The summed E-state index contributed by atoms with van der Waals surface area (Å²) in [7, 11) is -3.13. The van der Waals surface area contributed by atoms with Gasteiger partial charge in [0.1, 0.15) is 18.0 Å². The third-order valence-corrected chi connectivity index (χ3v) is 6.44. The largest absolute Gasteiger partial charge is 0.385 e. The monoisotopic (exact) mass is 507 g/mol. The number of hydrogen-bond acceptors (Lipinski definition) is 4. The molecule has 0 amide bonds. The average Bonchev–Trinajstić information content (AvgIpc) is 3.40. The van der Waals surface area contributed by atoms with E-state index in [0.717, 1.165) is 29.5 Å². The molecule has 190 valence electrons. The summed E-state index contributed by atoms with van der Waals surface area (Å²) in [5.74, 6) is 0.933. The summed E-state index contributed by atoms with van der Waals surface area (Å²) in [4.78, 5) is 18.9. The van der Waals surface area contributed by atoms with E-state index < -0.39 is 19.9 Å². The van der Waals surface area contributed by atoms with Gasteiger partial charge in [0.05, 0.1) is 0 Å². The van der Waals surface area contributed by atoms with Crippen LogP contribution in [0, 0.1) is 5.92 Å². The molecule has 0 aliphatic heterocycles. The molecule has 0 aliphatic rings. The lowest BCUT2D eigenvalue weighted by molar-refractivity contribution is 0.131. The molecule has 7 nitrogen and oxygen atoms in total. The van der Waals surface area contributed by atoms with Crippen molar-refractivity contribution in [3.8, 4) is 0 Å². The van der Waals surface area contributed by atoms with E-state index in [1.165, 1.54) is 0 Å². The fraction of sp³-hybridized carbons (Fsp3) is 0.286. The van der Waals surface area contributed by atoms with Gasteiger partial charge in [-0.25, -0.2) is 9.67 Å². The lowest BCUT2D eigenvalue weighted by Gasteiger charge is -2.35. The predicted octanol–water partition coefficient (Wildman–Crippen LogP) is 5.34. The van der Waals surface area contributed by atoms with Crippen LogP contribution < -0.4 is 0 Å². The van der Waals surface area contributed by atoms with E-state index >= 15 is 0 Å². The number of benzene rings is 3. The number of hydrogen-bond donors (Lipinski definition) is 3. The van der Waals surface area contributed by atoms with Crippen molar-refractivity contribution in [2.24, 2.45) is 5.92 Å². The highest BCUT2D eigenvalue weighted by molar-refractivity contribution is 7.30. The normalized spacial score (nSPS) is 12.3. The summed E-state index contributed by atoms with van der Waals surface area (Å²) in [6.07, 6.45) is 3.83. The van der Waals surface area contributed by atoms with Crippen LogP contribution in [0.4, 0.5) is 0 Å². The van der Waals surface area contributed by atoms with E-state index in [4.69, 9.17) is 19.5 Å². The van der Waals surface area contributed by atoms with Crippen molar-refractivity contribution in [2.75, 3.05) is 0 Å². The van der Waals surface area contributed by atoms with Crippen molar-refractivity contribution in [2.45, 2.75) is 44.8 Å². The fourth-order valence-electron chi connectivity index (χ4n) is 4.57. The van der Waals surface area contributed by atoms with Crippen molar-refractivity contribution in [1.29, 1.82) is 0 Å². The molecule has 1 atom stereocenters. The Balaban J connectivity index is 0.000000840. The van der Waals surface area contributed by atoms with Gasteiger partial charge in [-0.15, -0.1) is 0 Å². The zero-order chi connectivity index (χ0) is 26.0. The van der Waals surface area contributed by atoms with Crippen LogP contribution in [0.25, 0.3) is 0 Å². The Morgan fingerprint density at radius 3 is 1.56 bits per heavy atom. The Bertz CT molecular complexity index is 1100. The first kappa shape index (κ1) is 27.5. The van der Waals surface area contributed by atoms with Crippen LogP contribution in [0.3, 0.4) is 0 Å². The van der Waals surface area contributed by atoms with Crippen molar-refractivity contribution in [1.82, 2.24) is 14.8 Å². The molecule has 0 aliphatic carbocycles. The van der Waals surface area contributed by atoms with Gasteiger partial charge in [-0.05, 0) is 29.0 Å². The Morgan fingerprint density at radius 2 is 1.19 bits per heavy atom. The minimum absolute atomic E-state index is 0.457. The van der Waals surface area contributed by atoms with E-state index in [1.807, 2.05) is 22.9 Å². The molecular weight excluding hydrogens is 473 g/mol. The smallest absolute Gasteiger partial charge is 0.314 e. The van der Waals surface area contributed by atoms with Gasteiger partial charge in [-0.1, -0.05) is 118 Å². The summed E-state index contributed by atoms with van der Waals surface area (Å²) >= 11 is 0. The lowest BCUT2D eigenvalue weighted by Crippen LogP contribution is -2.38. The molecule has 1 aromatic heterocycles. The number of aliphatic hydroxyl groups is 1. The molecule has 0 bridgehead atoms. The lowest BCUT2D eigenvalue weighted by atomic mass is 9.77. The topological polar surface area (TPSA) is 108 Å². The summed E-state index contributed by atoms with van der Waals surface area (Å²) in [5, 5.41) is 15.8. The van der Waals surface area contributed by atoms with Crippen LogP contribution in [-0.2, 0) is 10.1 Å². The summed E-state index contributed by atoms with van der Waals surface area (Å²) in [6.45, 7) is 4.33. The Kier molecular flexibility index (Phi) is 10.1. The maximum atomic E-state index is 10.9. The first-order chi connectivity index (χ1) is 17.4. The van der Waals surface area contributed by atoms with E-state index in [2.05, 4.69) is 91.6 Å². The maximum absolute atomic E-state index is 10.9. The molecule has 0 spiro atoms. The van der Waals surface area contributed by atoms with Gasteiger partial charge in [0, 0.05) is 0 Å². The molecule has 3 aromatic carbocycles. The highest BCUT2D eigenvalue weighted by Gasteiger charge is 2.40. The third kappa shape index (κ3) is 6.37. The van der Waals surface area contributed by atoms with Crippen molar-refractivity contribution in [3.63, 3.8) is 0 Å². The molecule has 0 fully saturated rings. The second-order valence-electron chi connectivity index (χ2n) is 8.57. The van der Waals surface area contributed by atoms with Gasteiger partial charge >= 0.3 is 8.25 Å². The number of aliphatic hydroxyl groups excluding tert-OH is 1. The van der Waals surface area contributed by atoms with E-state index in [9.17, 15) is 5.11 Å². The first-order valence-corrected chi connectivity index (χ1v) is 13.4. The molecular formula is C28H34N3O4P. The van der Waals surface area contributed by atoms with Crippen molar-refractivity contribution < 1.29 is 19.5 Å². The zero-order valence-electron chi connectivity index (χ0n) is 20.6. The molecule has 0 saturated heterocycles. The molecule has 36 heavy (non-hydrogen) atoms. The van der Waals surface area contributed by atoms with Crippen molar-refractivity contribution in [3.05, 3.63) is 120 Å². The standard InChI is InChI=1S/C28H31N3O.H3O3P/c1-3-22(4-2)20-26(32)27-29-21-31(30-27)28(23-14-8-5-9-15-23,24-16-10-6-11-17-24)25-18-12-7-13-19-25;1-4(2)3/h5-19,21-22,26,32H,3-4,20H2,1-2H3;4H,(H2,1,2,3). The van der Waals surface area contributed by atoms with Crippen LogP contribution in [-0.4, -0.2) is 29.7 Å². The quantitative estimate of drug-likeness (QED) is 0.209. The maximum Gasteiger partial charge on any atom is 0.314 e. The van der Waals surface area contributed by atoms with Gasteiger partial charge in [-0.2, -0.15) is 5.10 Å². The molecule has 1 heterocycles. The van der Waals surface area contributed by atoms with Crippen LogP contribution in [0.1, 0.15) is 61.7 Å². The number of aromatic nitrogens is 3. The first-order valence-electron chi connectivity index (χ1n) is 12.1. The van der Waals surface area contributed by atoms with E-state index in [-0.39, 0.29) is 0 Å². The van der Waals surface area contributed by atoms with Gasteiger partial charge in [0.2, 0.25) is 0 Å². The minimum atomic E-state index is -3.13. The van der Waals surface area contributed by atoms with E-state index in [0.29, 0.717) is 18.2 Å². The van der Waals surface area contributed by atoms with Gasteiger partial charge in [-0.3, -0.25) is 4.57 Å². The van der Waals surface area contributed by atoms with Crippen LogP contribution in [0.5, 0.6) is 0 Å². The van der Waals surface area contributed by atoms with Crippen molar-refractivity contribution >= 4 is 8.25 Å². The second kappa shape index (κ2) is 13.3. The second-order valence-corrected chi connectivity index (χ2v) is 9.14. The minimum Gasteiger partial charge on any atom is -0.385 e. The Hall–Kier alpha value is -3.09. The zero-order valence-corrected chi connectivity index (χ0v) is 21.6. The van der Waals surface area contributed by atoms with Crippen LogP contribution in [0.15, 0.2) is 97.3 Å². The molecule has 3 N–H and O–H groups in total. The molecule has 0 radical (unpaired) electrons. The number of rotatable bonds is 9. The van der Waals surface area contributed by atoms with Gasteiger partial charge in [0.25, 0.3) is 0 Å². The summed E-state index contributed by atoms with van der Waals surface area (Å²) in [6, 6.07) is 31.1. The average molecular weight is 508 g/mol. The Labute approximate surface area is 213 Å². The molecule has 8 heteroatoms. The third-order valence-electron chi connectivity index (χ3n) is 6.44. The summed E-state index contributed by atoms with van der Waals surface area (Å²) < 4.78 is 10.7. The highest BCUT2D eigenvalue weighted by Crippen LogP contribution is 2.40. The molecule has 4 rings (SSSR count). The molecule has 0 saturated carbocycles. The molecule has 1 unspecified atom stereocenters. The van der Waals surface area contributed by atoms with Gasteiger partial charge in [0.15, 0.2) is 5.82 Å². The van der Waals surface area contributed by atoms with Crippen LogP contribution >= 0.6 is 8.25 Å². The van der Waals surface area contributed by atoms with E-state index in [1.54, 1.807) is 6.33 Å². The molecule has 4 aromatic rings. The predicted molar refractivity (Wildman–Crippen MR) is 142 cm³/mol. The number of nitrogens with zero attached hydrogens (tertiary/aromatic N) is 3. The SMILES string of the molecule is CCC(CC)CC(O)c1ncn(C(c2ccccc2)(c2ccccc2)c2ccccc2)n1.O=[PH](O)O. The van der Waals surface area contributed by atoms with Gasteiger partial charge < -0.3 is 14.9 Å². The Morgan fingerprint density at radius 1 is 0.806 bits per heavy atom. The van der Waals surface area contributed by atoms with Crippen LogP contribution in [0.2, 0.25) is 0 Å². The highest BCUT2D eigenvalue weighted by atomic mass is 31.1.